The highest BCUT2D eigenvalue weighted by atomic mass is 35.5. The Morgan fingerprint density at radius 2 is 2.00 bits per heavy atom. The van der Waals surface area contributed by atoms with E-state index < -0.39 is 0 Å². The molecule has 0 saturated carbocycles. The first-order valence-corrected chi connectivity index (χ1v) is 10.2. The highest BCUT2D eigenvalue weighted by Crippen LogP contribution is 2.40. The minimum absolute atomic E-state index is 0.165. The number of nitriles is 1. The van der Waals surface area contributed by atoms with Crippen LogP contribution in [-0.4, -0.2) is 21.5 Å². The molecule has 0 amide bonds. The second-order valence-electron chi connectivity index (χ2n) is 7.60. The lowest BCUT2D eigenvalue weighted by atomic mass is 9.92. The van der Waals surface area contributed by atoms with Gasteiger partial charge < -0.3 is 14.7 Å². The summed E-state index contributed by atoms with van der Waals surface area (Å²) in [5.41, 5.74) is 5.76. The lowest BCUT2D eigenvalue weighted by molar-refractivity contribution is 0.626. The fraction of sp³-hybridized carbons (Fsp3) is 0.167. The van der Waals surface area contributed by atoms with Crippen LogP contribution in [0.5, 0.6) is 0 Å². The third kappa shape index (κ3) is 3.28. The number of benzene rings is 2. The molecule has 1 aliphatic rings. The van der Waals surface area contributed by atoms with Crippen LogP contribution in [0.1, 0.15) is 34.1 Å². The fourth-order valence-corrected chi connectivity index (χ4v) is 4.41. The van der Waals surface area contributed by atoms with Gasteiger partial charge >= 0.3 is 5.95 Å². The molecule has 31 heavy (non-hydrogen) atoms. The molecule has 4 aromatic rings. The average molecular weight is 425 g/mol. The number of nitrogens with one attached hydrogen (secondary N) is 1. The summed E-state index contributed by atoms with van der Waals surface area (Å²) in [4.78, 5) is 17.9. The molecule has 150 valence electrons. The summed E-state index contributed by atoms with van der Waals surface area (Å²) in [6.45, 7) is 10.1. The van der Waals surface area contributed by atoms with Crippen molar-refractivity contribution in [1.29, 1.82) is 5.26 Å². The Hall–Kier alpha value is -3.87. The van der Waals surface area contributed by atoms with Gasteiger partial charge in [0.1, 0.15) is 11.8 Å². The zero-order valence-corrected chi connectivity index (χ0v) is 17.5. The van der Waals surface area contributed by atoms with Gasteiger partial charge in [-0.25, -0.2) is 0 Å². The summed E-state index contributed by atoms with van der Waals surface area (Å²) >= 11 is 6.28. The molecule has 7 heteroatoms. The first-order chi connectivity index (χ1) is 15.1. The van der Waals surface area contributed by atoms with E-state index in [2.05, 4.69) is 55.9 Å². The van der Waals surface area contributed by atoms with Crippen LogP contribution in [0.15, 0.2) is 48.5 Å². The Bertz CT molecular complexity index is 1360. The van der Waals surface area contributed by atoms with Crippen LogP contribution in [0.4, 0.5) is 11.8 Å². The molecule has 0 aliphatic carbocycles. The van der Waals surface area contributed by atoms with Crippen LogP contribution in [0, 0.1) is 24.8 Å². The Balaban J connectivity index is 1.73. The number of hydrogen-bond donors (Lipinski definition) is 1. The van der Waals surface area contributed by atoms with Gasteiger partial charge in [-0.3, -0.25) is 0 Å². The van der Waals surface area contributed by atoms with Crippen LogP contribution in [0.3, 0.4) is 0 Å². The van der Waals surface area contributed by atoms with Gasteiger partial charge in [-0.1, -0.05) is 53.0 Å². The number of anilines is 1. The highest BCUT2D eigenvalue weighted by Gasteiger charge is 2.35. The van der Waals surface area contributed by atoms with Gasteiger partial charge in [-0.2, -0.15) is 10.2 Å². The molecule has 5 rings (SSSR count). The minimum atomic E-state index is -0.178. The van der Waals surface area contributed by atoms with Crippen LogP contribution >= 0.6 is 11.6 Å². The number of aromatic nitrogens is 3. The number of hydrogen-bond acceptors (Lipinski definition) is 4. The summed E-state index contributed by atoms with van der Waals surface area (Å²) in [7, 11) is 0. The molecule has 1 N–H and O–H groups in total. The molecule has 0 bridgehead atoms. The van der Waals surface area contributed by atoms with Crippen LogP contribution in [0.2, 0.25) is 5.02 Å². The second kappa shape index (κ2) is 7.43. The van der Waals surface area contributed by atoms with Gasteiger partial charge in [0.2, 0.25) is 0 Å². The first kappa shape index (κ1) is 19.1. The van der Waals surface area contributed by atoms with Crippen molar-refractivity contribution in [2.75, 3.05) is 11.4 Å². The maximum atomic E-state index is 9.39. The van der Waals surface area contributed by atoms with Crippen molar-refractivity contribution in [3.63, 3.8) is 0 Å². The van der Waals surface area contributed by atoms with Crippen LogP contribution in [0.25, 0.3) is 15.7 Å². The molecular weight excluding hydrogens is 408 g/mol. The summed E-state index contributed by atoms with van der Waals surface area (Å²) in [5, 5.41) is 11.2. The Labute approximate surface area is 184 Å². The van der Waals surface area contributed by atoms with E-state index in [9.17, 15) is 5.26 Å². The summed E-state index contributed by atoms with van der Waals surface area (Å²) in [6, 6.07) is 17.5. The SMILES string of the molecule is [C-]#[N+]c1cc(C#N)nc(N2CCc3c([nH]c4ccc(Cl)cc34)[C@@H]2c2ccc(C)cc2)n1. The van der Waals surface area contributed by atoms with E-state index in [1.54, 1.807) is 0 Å². The van der Waals surface area contributed by atoms with E-state index in [4.69, 9.17) is 18.2 Å². The monoisotopic (exact) mass is 424 g/mol. The molecule has 0 spiro atoms. The first-order valence-electron chi connectivity index (χ1n) is 9.87. The number of aryl methyl sites for hydroxylation is 1. The third-order valence-corrected chi connectivity index (χ3v) is 5.90. The molecule has 1 atom stereocenters. The number of fused-ring (bicyclic) bond motifs is 3. The standard InChI is InChI=1S/C24H17ClN6/c1-14-3-5-15(6-4-14)23-22-18(19-11-16(25)7-8-20(19)29-22)9-10-31(23)24-28-17(13-26)12-21(27-2)30-24/h3-8,11-12,23,29H,9-10H2,1H3/t23-/m0/s1. The number of H-pyrrole nitrogens is 1. The lowest BCUT2D eigenvalue weighted by Gasteiger charge is -2.35. The molecule has 6 nitrogen and oxygen atoms in total. The van der Waals surface area contributed by atoms with Gasteiger partial charge in [0, 0.05) is 34.2 Å². The smallest absolute Gasteiger partial charge is 0.324 e. The van der Waals surface area contributed by atoms with Gasteiger partial charge in [-0.15, -0.1) is 0 Å². The van der Waals surface area contributed by atoms with E-state index in [0.29, 0.717) is 17.5 Å². The largest absolute Gasteiger partial charge is 0.360 e. The van der Waals surface area contributed by atoms with Crippen molar-refractivity contribution in [2.45, 2.75) is 19.4 Å². The Morgan fingerprint density at radius 3 is 2.74 bits per heavy atom. The number of aromatic amines is 1. The number of nitrogens with zero attached hydrogens (tertiary/aromatic N) is 5. The van der Waals surface area contributed by atoms with Crippen LogP contribution in [-0.2, 0) is 6.42 Å². The van der Waals surface area contributed by atoms with Crippen molar-refractivity contribution in [2.24, 2.45) is 0 Å². The molecule has 3 heterocycles. The molecule has 2 aromatic carbocycles. The molecule has 1 aliphatic heterocycles. The van der Waals surface area contributed by atoms with E-state index in [0.717, 1.165) is 28.6 Å². The molecule has 0 saturated heterocycles. The lowest BCUT2D eigenvalue weighted by Crippen LogP contribution is -2.37. The molecular formula is C24H17ClN6. The summed E-state index contributed by atoms with van der Waals surface area (Å²) in [5.74, 6) is 0.552. The van der Waals surface area contributed by atoms with Crippen molar-refractivity contribution in [1.82, 2.24) is 15.0 Å². The number of halogens is 1. The zero-order valence-electron chi connectivity index (χ0n) is 16.7. The average Bonchev–Trinajstić information content (AvgIpc) is 3.16. The fourth-order valence-electron chi connectivity index (χ4n) is 4.24. The van der Waals surface area contributed by atoms with E-state index in [-0.39, 0.29) is 17.6 Å². The van der Waals surface area contributed by atoms with Gasteiger partial charge in [0.15, 0.2) is 0 Å². The van der Waals surface area contributed by atoms with Crippen LogP contribution < -0.4 is 4.90 Å². The quantitative estimate of drug-likeness (QED) is 0.431. The summed E-state index contributed by atoms with van der Waals surface area (Å²) < 4.78 is 0. The molecule has 0 fully saturated rings. The van der Waals surface area contributed by atoms with Crippen molar-refractivity contribution >= 4 is 34.3 Å². The van der Waals surface area contributed by atoms with E-state index in [1.807, 2.05) is 24.3 Å². The predicted octanol–water partition coefficient (Wildman–Crippen LogP) is 5.49. The Kier molecular flexibility index (Phi) is 4.58. The van der Waals surface area contributed by atoms with E-state index in [1.165, 1.54) is 17.2 Å². The van der Waals surface area contributed by atoms with Gasteiger partial charge in [0.25, 0.3) is 5.82 Å². The normalized spacial score (nSPS) is 15.4. The molecule has 2 aromatic heterocycles. The molecule has 0 unspecified atom stereocenters. The third-order valence-electron chi connectivity index (χ3n) is 5.67. The number of rotatable bonds is 2. The predicted molar refractivity (Wildman–Crippen MR) is 120 cm³/mol. The van der Waals surface area contributed by atoms with Crippen molar-refractivity contribution in [3.05, 3.63) is 93.0 Å². The highest BCUT2D eigenvalue weighted by molar-refractivity contribution is 6.31. The summed E-state index contributed by atoms with van der Waals surface area (Å²) in [6.07, 6.45) is 0.769. The van der Waals surface area contributed by atoms with Crippen molar-refractivity contribution < 1.29 is 0 Å². The zero-order chi connectivity index (χ0) is 21.5. The molecule has 0 radical (unpaired) electrons. The van der Waals surface area contributed by atoms with E-state index >= 15 is 0 Å². The Morgan fingerprint density at radius 1 is 1.19 bits per heavy atom. The second-order valence-corrected chi connectivity index (χ2v) is 8.04. The van der Waals surface area contributed by atoms with Crippen molar-refractivity contribution in [3.8, 4) is 6.07 Å². The van der Waals surface area contributed by atoms with Gasteiger partial charge in [0.05, 0.1) is 6.04 Å². The maximum absolute atomic E-state index is 9.39. The minimum Gasteiger partial charge on any atom is -0.360 e. The van der Waals surface area contributed by atoms with Gasteiger partial charge in [-0.05, 0) is 42.7 Å². The topological polar surface area (TPSA) is 73.0 Å². The maximum Gasteiger partial charge on any atom is 0.324 e.